The summed E-state index contributed by atoms with van der Waals surface area (Å²) < 4.78 is 13.1. The number of hydrogen-bond acceptors (Lipinski definition) is 7. The number of nitrogens with zero attached hydrogens (tertiary/aromatic N) is 3. The fourth-order valence-corrected chi connectivity index (χ4v) is 4.64. The number of rotatable bonds is 9. The van der Waals surface area contributed by atoms with Gasteiger partial charge in [0.2, 0.25) is 11.1 Å². The van der Waals surface area contributed by atoms with Gasteiger partial charge in [0, 0.05) is 17.1 Å². The van der Waals surface area contributed by atoms with E-state index in [1.54, 1.807) is 23.6 Å². The number of fused-ring (bicyclic) bond motifs is 1. The molecular formula is C26H31N5O3S. The third-order valence-electron chi connectivity index (χ3n) is 5.63. The Kier molecular flexibility index (Phi) is 7.65. The summed E-state index contributed by atoms with van der Waals surface area (Å²) in [7, 11) is 1.61. The monoisotopic (exact) mass is 493 g/mol. The third kappa shape index (κ3) is 5.30. The highest BCUT2D eigenvalue weighted by Gasteiger charge is 2.35. The molecule has 0 aliphatic carbocycles. The molecule has 1 aliphatic rings. The van der Waals surface area contributed by atoms with E-state index in [1.165, 1.54) is 0 Å². The molecule has 35 heavy (non-hydrogen) atoms. The first-order chi connectivity index (χ1) is 16.9. The van der Waals surface area contributed by atoms with Crippen molar-refractivity contribution in [1.29, 1.82) is 0 Å². The molecule has 2 N–H and O–H groups in total. The smallest absolute Gasteiger partial charge is 0.255 e. The van der Waals surface area contributed by atoms with Crippen LogP contribution < -0.4 is 20.1 Å². The van der Waals surface area contributed by atoms with E-state index in [-0.39, 0.29) is 5.91 Å². The van der Waals surface area contributed by atoms with Gasteiger partial charge in [-0.1, -0.05) is 42.4 Å². The minimum Gasteiger partial charge on any atom is -0.493 e. The van der Waals surface area contributed by atoms with Crippen LogP contribution in [0, 0.1) is 6.92 Å². The highest BCUT2D eigenvalue weighted by molar-refractivity contribution is 7.99. The molecule has 0 bridgehead atoms. The van der Waals surface area contributed by atoms with Crippen molar-refractivity contribution in [2.45, 2.75) is 45.3 Å². The van der Waals surface area contributed by atoms with Crippen LogP contribution in [0.2, 0.25) is 0 Å². The maximum absolute atomic E-state index is 13.6. The van der Waals surface area contributed by atoms with Gasteiger partial charge in [-0.15, -0.1) is 5.10 Å². The number of ether oxygens (including phenoxy) is 2. The molecule has 3 aromatic rings. The van der Waals surface area contributed by atoms with Crippen molar-refractivity contribution in [3.05, 3.63) is 64.9 Å². The second kappa shape index (κ2) is 10.9. The molecule has 2 heterocycles. The number of carbonyl (C=O) groups excluding carboxylic acids is 1. The standard InChI is InChI=1S/C26H31N5O3S/c1-6-14-35-26-29-25-27-17(4)22(24(32)28-19-11-8-16(3)9-12-19)23(31(25)30-26)18-10-13-20(34-7-2)21(15-18)33-5/h8-13,15,23H,6-7,14H2,1-5H3,(H,28,32)(H,27,29,30). The van der Waals surface area contributed by atoms with Crippen LogP contribution in [-0.2, 0) is 4.79 Å². The van der Waals surface area contributed by atoms with E-state index in [1.807, 2.05) is 63.2 Å². The van der Waals surface area contributed by atoms with Crippen LogP contribution in [0.5, 0.6) is 11.5 Å². The Labute approximate surface area is 210 Å². The average Bonchev–Trinajstić information content (AvgIpc) is 3.26. The fraction of sp³-hybridized carbons (Fsp3) is 0.346. The molecule has 2 aromatic carbocycles. The van der Waals surface area contributed by atoms with Crippen molar-refractivity contribution < 1.29 is 14.3 Å². The normalized spacial score (nSPS) is 14.8. The number of benzene rings is 2. The molecule has 1 unspecified atom stereocenters. The first-order valence-electron chi connectivity index (χ1n) is 11.7. The van der Waals surface area contributed by atoms with Gasteiger partial charge in [0.1, 0.15) is 6.04 Å². The predicted octanol–water partition coefficient (Wildman–Crippen LogP) is 5.42. The van der Waals surface area contributed by atoms with Gasteiger partial charge in [-0.2, -0.15) is 4.98 Å². The van der Waals surface area contributed by atoms with Crippen LogP contribution in [0.4, 0.5) is 11.6 Å². The maximum Gasteiger partial charge on any atom is 0.255 e. The molecule has 1 atom stereocenters. The summed E-state index contributed by atoms with van der Waals surface area (Å²) in [5, 5.41) is 11.8. The van der Waals surface area contributed by atoms with Crippen molar-refractivity contribution in [1.82, 2.24) is 14.8 Å². The molecule has 8 nitrogen and oxygen atoms in total. The second-order valence-electron chi connectivity index (χ2n) is 8.24. The molecule has 4 rings (SSSR count). The summed E-state index contributed by atoms with van der Waals surface area (Å²) in [5.74, 6) is 2.56. The first kappa shape index (κ1) is 24.7. The summed E-state index contributed by atoms with van der Waals surface area (Å²) >= 11 is 1.60. The molecule has 0 spiro atoms. The van der Waals surface area contributed by atoms with E-state index in [2.05, 4.69) is 22.5 Å². The third-order valence-corrected chi connectivity index (χ3v) is 6.67. The van der Waals surface area contributed by atoms with Crippen molar-refractivity contribution in [3.63, 3.8) is 0 Å². The van der Waals surface area contributed by atoms with Gasteiger partial charge in [0.25, 0.3) is 5.91 Å². The molecule has 0 saturated carbocycles. The van der Waals surface area contributed by atoms with Crippen LogP contribution in [0.3, 0.4) is 0 Å². The van der Waals surface area contributed by atoms with E-state index in [0.717, 1.165) is 34.7 Å². The number of amides is 1. The van der Waals surface area contributed by atoms with E-state index in [4.69, 9.17) is 14.6 Å². The van der Waals surface area contributed by atoms with Crippen LogP contribution in [-0.4, -0.2) is 40.1 Å². The van der Waals surface area contributed by atoms with Gasteiger partial charge in [0.15, 0.2) is 11.5 Å². The van der Waals surface area contributed by atoms with Crippen molar-refractivity contribution in [2.24, 2.45) is 0 Å². The number of hydrogen-bond donors (Lipinski definition) is 2. The Morgan fingerprint density at radius 3 is 2.60 bits per heavy atom. The van der Waals surface area contributed by atoms with Crippen molar-refractivity contribution in [2.75, 3.05) is 30.1 Å². The zero-order valence-corrected chi connectivity index (χ0v) is 21.5. The van der Waals surface area contributed by atoms with Crippen LogP contribution in [0.1, 0.15) is 44.4 Å². The predicted molar refractivity (Wildman–Crippen MR) is 139 cm³/mol. The van der Waals surface area contributed by atoms with E-state index in [0.29, 0.717) is 34.8 Å². The molecule has 1 aromatic heterocycles. The van der Waals surface area contributed by atoms with E-state index >= 15 is 0 Å². The van der Waals surface area contributed by atoms with Gasteiger partial charge >= 0.3 is 0 Å². The Balaban J connectivity index is 1.78. The van der Waals surface area contributed by atoms with E-state index < -0.39 is 6.04 Å². The SMILES string of the molecule is CCCSc1nc2n(n1)C(c1ccc(OCC)c(OC)c1)C(C(=O)Nc1ccc(C)cc1)=C(C)N2. The number of methoxy groups -OCH3 is 1. The number of aromatic nitrogens is 3. The summed E-state index contributed by atoms with van der Waals surface area (Å²) in [4.78, 5) is 18.3. The number of aryl methyl sites for hydroxylation is 1. The number of thioether (sulfide) groups is 1. The summed E-state index contributed by atoms with van der Waals surface area (Å²) in [5.41, 5.74) is 3.98. The van der Waals surface area contributed by atoms with E-state index in [9.17, 15) is 4.79 Å². The summed E-state index contributed by atoms with van der Waals surface area (Å²) in [6.45, 7) is 8.48. The maximum atomic E-state index is 13.6. The van der Waals surface area contributed by atoms with Gasteiger partial charge in [0.05, 0.1) is 19.3 Å². The quantitative estimate of drug-likeness (QED) is 0.385. The number of allylic oxidation sites excluding steroid dienone is 1. The van der Waals surface area contributed by atoms with Gasteiger partial charge in [-0.05, 0) is 57.0 Å². The van der Waals surface area contributed by atoms with Gasteiger partial charge < -0.3 is 20.1 Å². The summed E-state index contributed by atoms with van der Waals surface area (Å²) in [6.07, 6.45) is 1.02. The van der Waals surface area contributed by atoms with Gasteiger partial charge in [-0.25, -0.2) is 4.68 Å². The molecule has 184 valence electrons. The van der Waals surface area contributed by atoms with Crippen molar-refractivity contribution >= 4 is 29.3 Å². The largest absolute Gasteiger partial charge is 0.493 e. The number of anilines is 2. The van der Waals surface area contributed by atoms with Crippen molar-refractivity contribution in [3.8, 4) is 11.5 Å². The lowest BCUT2D eigenvalue weighted by Gasteiger charge is -2.29. The molecule has 0 radical (unpaired) electrons. The number of nitrogens with one attached hydrogen (secondary N) is 2. The topological polar surface area (TPSA) is 90.3 Å². The Bertz CT molecular complexity index is 1240. The molecular weight excluding hydrogens is 462 g/mol. The van der Waals surface area contributed by atoms with Crippen LogP contribution in [0.15, 0.2) is 58.9 Å². The minimum atomic E-state index is -0.496. The molecule has 0 saturated heterocycles. The Hall–Kier alpha value is -3.46. The van der Waals surface area contributed by atoms with Crippen LogP contribution in [0.25, 0.3) is 0 Å². The highest BCUT2D eigenvalue weighted by Crippen LogP contribution is 2.39. The van der Waals surface area contributed by atoms with Crippen LogP contribution >= 0.6 is 11.8 Å². The minimum absolute atomic E-state index is 0.208. The highest BCUT2D eigenvalue weighted by atomic mass is 32.2. The Morgan fingerprint density at radius 2 is 1.91 bits per heavy atom. The lowest BCUT2D eigenvalue weighted by Crippen LogP contribution is -2.31. The first-order valence-corrected chi connectivity index (χ1v) is 12.7. The lowest BCUT2D eigenvalue weighted by atomic mass is 9.94. The summed E-state index contributed by atoms with van der Waals surface area (Å²) in [6, 6.07) is 13.0. The Morgan fingerprint density at radius 1 is 1.14 bits per heavy atom. The molecule has 9 heteroatoms. The zero-order chi connectivity index (χ0) is 24.9. The lowest BCUT2D eigenvalue weighted by molar-refractivity contribution is -0.113. The number of carbonyl (C=O) groups is 1. The fourth-order valence-electron chi connectivity index (χ4n) is 3.95. The molecule has 0 fully saturated rings. The molecule has 1 aliphatic heterocycles. The average molecular weight is 494 g/mol. The second-order valence-corrected chi connectivity index (χ2v) is 9.30. The van der Waals surface area contributed by atoms with Gasteiger partial charge in [-0.3, -0.25) is 4.79 Å². The zero-order valence-electron chi connectivity index (χ0n) is 20.7. The molecule has 1 amide bonds.